The van der Waals surface area contributed by atoms with Crippen LogP contribution in [0, 0.1) is 0 Å². The summed E-state index contributed by atoms with van der Waals surface area (Å²) in [5.74, 6) is -0.730. The zero-order chi connectivity index (χ0) is 14.8. The number of hydrogen-bond donors (Lipinski definition) is 2. The third-order valence-electron chi connectivity index (χ3n) is 3.72. The number of amides is 1. The van der Waals surface area contributed by atoms with Crippen molar-refractivity contribution in [2.45, 2.75) is 37.4 Å². The summed E-state index contributed by atoms with van der Waals surface area (Å²) < 4.78 is 39.1. The lowest BCUT2D eigenvalue weighted by Gasteiger charge is -2.24. The molecule has 1 fully saturated rings. The van der Waals surface area contributed by atoms with Crippen LogP contribution in [0.15, 0.2) is 24.3 Å². The molecule has 6 heteroatoms. The van der Waals surface area contributed by atoms with Gasteiger partial charge in [0.15, 0.2) is 0 Å². The van der Waals surface area contributed by atoms with Crippen molar-refractivity contribution in [3.63, 3.8) is 0 Å². The first-order valence-electron chi connectivity index (χ1n) is 6.57. The van der Waals surface area contributed by atoms with Gasteiger partial charge in [-0.1, -0.05) is 24.6 Å². The number of carbonyl (C=O) groups excluding carboxylic acids is 1. The molecule has 2 atom stereocenters. The molecule has 0 saturated heterocycles. The Morgan fingerprint density at radius 1 is 1.30 bits per heavy atom. The number of primary amides is 1. The summed E-state index contributed by atoms with van der Waals surface area (Å²) in [5.41, 5.74) is 4.79. The van der Waals surface area contributed by atoms with Crippen molar-refractivity contribution in [1.82, 2.24) is 5.32 Å². The number of benzene rings is 1. The van der Waals surface area contributed by atoms with Gasteiger partial charge in [-0.3, -0.25) is 4.79 Å². The van der Waals surface area contributed by atoms with Crippen molar-refractivity contribution >= 4 is 5.91 Å². The number of halogens is 3. The fourth-order valence-corrected chi connectivity index (χ4v) is 2.89. The van der Waals surface area contributed by atoms with Crippen molar-refractivity contribution in [3.8, 4) is 0 Å². The lowest BCUT2D eigenvalue weighted by molar-refractivity contribution is -0.138. The van der Waals surface area contributed by atoms with E-state index in [1.807, 2.05) is 0 Å². The zero-order valence-electron chi connectivity index (χ0n) is 10.9. The Morgan fingerprint density at radius 3 is 2.65 bits per heavy atom. The summed E-state index contributed by atoms with van der Waals surface area (Å²) in [5, 5.41) is 2.97. The van der Waals surface area contributed by atoms with Gasteiger partial charge < -0.3 is 11.1 Å². The maximum absolute atomic E-state index is 13.0. The second-order valence-corrected chi connectivity index (χ2v) is 5.08. The Morgan fingerprint density at radius 2 is 2.00 bits per heavy atom. The highest BCUT2D eigenvalue weighted by atomic mass is 19.4. The normalized spacial score (nSPS) is 22.9. The molecule has 3 N–H and O–H groups in total. The van der Waals surface area contributed by atoms with E-state index >= 15 is 0 Å². The third-order valence-corrected chi connectivity index (χ3v) is 3.72. The molecule has 1 aliphatic carbocycles. The first-order valence-corrected chi connectivity index (χ1v) is 6.57. The van der Waals surface area contributed by atoms with Crippen LogP contribution in [-0.4, -0.2) is 18.5 Å². The van der Waals surface area contributed by atoms with Gasteiger partial charge in [0.1, 0.15) is 0 Å². The van der Waals surface area contributed by atoms with E-state index in [1.54, 1.807) is 6.07 Å². The second-order valence-electron chi connectivity index (χ2n) is 5.08. The average molecular weight is 286 g/mol. The van der Waals surface area contributed by atoms with Crippen LogP contribution in [0.1, 0.15) is 36.3 Å². The second kappa shape index (κ2) is 5.83. The summed E-state index contributed by atoms with van der Waals surface area (Å²) >= 11 is 0. The van der Waals surface area contributed by atoms with Gasteiger partial charge in [-0.15, -0.1) is 0 Å². The van der Waals surface area contributed by atoms with Gasteiger partial charge in [0, 0.05) is 6.04 Å². The van der Waals surface area contributed by atoms with Crippen LogP contribution in [0.2, 0.25) is 0 Å². The Labute approximate surface area is 115 Å². The van der Waals surface area contributed by atoms with Gasteiger partial charge in [-0.25, -0.2) is 0 Å². The molecule has 0 unspecified atom stereocenters. The monoisotopic (exact) mass is 286 g/mol. The highest BCUT2D eigenvalue weighted by molar-refractivity contribution is 5.75. The molecule has 3 nitrogen and oxygen atoms in total. The minimum absolute atomic E-state index is 0.00461. The summed E-state index contributed by atoms with van der Waals surface area (Å²) in [6.45, 7) is -0.00461. The predicted molar refractivity (Wildman–Crippen MR) is 69.0 cm³/mol. The molecule has 1 aromatic carbocycles. The number of carbonyl (C=O) groups is 1. The number of nitrogens with two attached hydrogens (primary N) is 1. The first kappa shape index (κ1) is 14.8. The lowest BCUT2D eigenvalue weighted by atomic mass is 9.90. The molecule has 0 bridgehead atoms. The summed E-state index contributed by atoms with van der Waals surface area (Å²) in [4.78, 5) is 10.8. The molecule has 110 valence electrons. The summed E-state index contributed by atoms with van der Waals surface area (Å²) in [6, 6.07) is 5.52. The smallest absolute Gasteiger partial charge is 0.369 e. The van der Waals surface area contributed by atoms with Crippen molar-refractivity contribution in [2.75, 3.05) is 6.54 Å². The van der Waals surface area contributed by atoms with E-state index in [4.69, 9.17) is 5.73 Å². The van der Waals surface area contributed by atoms with Gasteiger partial charge in [0.2, 0.25) is 5.91 Å². The molecule has 1 aliphatic rings. The van der Waals surface area contributed by atoms with Gasteiger partial charge in [-0.2, -0.15) is 13.2 Å². The van der Waals surface area contributed by atoms with Crippen LogP contribution in [0.3, 0.4) is 0 Å². The van der Waals surface area contributed by atoms with E-state index in [0.717, 1.165) is 18.9 Å². The van der Waals surface area contributed by atoms with E-state index in [1.165, 1.54) is 12.1 Å². The lowest BCUT2D eigenvalue weighted by Crippen LogP contribution is -2.38. The fourth-order valence-electron chi connectivity index (χ4n) is 2.89. The van der Waals surface area contributed by atoms with Crippen LogP contribution in [-0.2, 0) is 11.0 Å². The number of nitrogens with one attached hydrogen (secondary N) is 1. The molecule has 0 spiro atoms. The van der Waals surface area contributed by atoms with E-state index in [9.17, 15) is 18.0 Å². The van der Waals surface area contributed by atoms with Crippen molar-refractivity contribution in [1.29, 1.82) is 0 Å². The zero-order valence-corrected chi connectivity index (χ0v) is 10.9. The molecule has 20 heavy (non-hydrogen) atoms. The van der Waals surface area contributed by atoms with Crippen molar-refractivity contribution in [3.05, 3.63) is 35.4 Å². The van der Waals surface area contributed by atoms with Crippen LogP contribution >= 0.6 is 0 Å². The quantitative estimate of drug-likeness (QED) is 0.893. The molecule has 2 rings (SSSR count). The van der Waals surface area contributed by atoms with Crippen LogP contribution in [0.4, 0.5) is 13.2 Å². The number of hydrogen-bond acceptors (Lipinski definition) is 2. The summed E-state index contributed by atoms with van der Waals surface area (Å²) in [7, 11) is 0. The SMILES string of the molecule is NC(=O)CN[C@H]1CCC[C@@H]1c1ccccc1C(F)(F)F. The van der Waals surface area contributed by atoms with Crippen LogP contribution < -0.4 is 11.1 Å². The topological polar surface area (TPSA) is 55.1 Å². The van der Waals surface area contributed by atoms with Crippen molar-refractivity contribution in [2.24, 2.45) is 5.73 Å². The molecule has 1 aromatic rings. The molecule has 0 aromatic heterocycles. The minimum atomic E-state index is -4.35. The van der Waals surface area contributed by atoms with Gasteiger partial charge in [0.25, 0.3) is 0 Å². The Kier molecular flexibility index (Phi) is 4.32. The van der Waals surface area contributed by atoms with E-state index < -0.39 is 17.6 Å². The molecular weight excluding hydrogens is 269 g/mol. The molecule has 0 heterocycles. The maximum atomic E-state index is 13.0. The Bertz CT molecular complexity index is 488. The van der Waals surface area contributed by atoms with Crippen LogP contribution in [0.25, 0.3) is 0 Å². The third kappa shape index (κ3) is 3.30. The Balaban J connectivity index is 2.24. The largest absolute Gasteiger partial charge is 0.416 e. The number of alkyl halides is 3. The van der Waals surface area contributed by atoms with Gasteiger partial charge in [-0.05, 0) is 30.4 Å². The van der Waals surface area contributed by atoms with E-state index in [-0.39, 0.29) is 18.5 Å². The van der Waals surface area contributed by atoms with Crippen molar-refractivity contribution < 1.29 is 18.0 Å². The van der Waals surface area contributed by atoms with Gasteiger partial charge in [0.05, 0.1) is 12.1 Å². The van der Waals surface area contributed by atoms with E-state index in [0.29, 0.717) is 12.0 Å². The number of rotatable bonds is 4. The summed E-state index contributed by atoms with van der Waals surface area (Å²) in [6.07, 6.45) is -2.08. The molecule has 1 amide bonds. The highest BCUT2D eigenvalue weighted by Crippen LogP contribution is 2.41. The molecule has 0 radical (unpaired) electrons. The standard InChI is InChI=1S/C14H17F3N2O/c15-14(16,17)11-6-2-1-4-9(11)10-5-3-7-12(10)19-8-13(18)20/h1-2,4,6,10,12,19H,3,5,7-8H2,(H2,18,20)/t10-,12+/m1/s1. The molecule has 1 saturated carbocycles. The maximum Gasteiger partial charge on any atom is 0.416 e. The highest BCUT2D eigenvalue weighted by Gasteiger charge is 2.38. The Hall–Kier alpha value is -1.56. The minimum Gasteiger partial charge on any atom is -0.369 e. The first-order chi connectivity index (χ1) is 9.39. The van der Waals surface area contributed by atoms with Gasteiger partial charge >= 0.3 is 6.18 Å². The van der Waals surface area contributed by atoms with Crippen LogP contribution in [0.5, 0.6) is 0 Å². The molecular formula is C14H17F3N2O. The molecule has 0 aliphatic heterocycles. The van der Waals surface area contributed by atoms with E-state index in [2.05, 4.69) is 5.32 Å². The predicted octanol–water partition coefficient (Wildman–Crippen LogP) is 2.42. The average Bonchev–Trinajstić information content (AvgIpc) is 2.83. The fraction of sp³-hybridized carbons (Fsp3) is 0.500.